The van der Waals surface area contributed by atoms with Crippen LogP contribution in [-0.2, 0) is 0 Å². The molecule has 0 aromatic heterocycles. The van der Waals surface area contributed by atoms with E-state index in [9.17, 15) is 0 Å². The van der Waals surface area contributed by atoms with Gasteiger partial charge < -0.3 is 11.5 Å². The van der Waals surface area contributed by atoms with E-state index in [-0.39, 0.29) is 0 Å². The first kappa shape index (κ1) is 15.9. The molecule has 98 valence electrons. The van der Waals surface area contributed by atoms with Crippen molar-refractivity contribution in [1.29, 1.82) is 0 Å². The molecule has 2 heteroatoms. The van der Waals surface area contributed by atoms with Crippen molar-refractivity contribution in [3.8, 4) is 0 Å². The predicted molar refractivity (Wildman–Crippen MR) is 73.4 cm³/mol. The molecule has 4 N–H and O–H groups in total. The van der Waals surface area contributed by atoms with Gasteiger partial charge in [-0.3, -0.25) is 0 Å². The Morgan fingerprint density at radius 2 is 1.56 bits per heavy atom. The van der Waals surface area contributed by atoms with Crippen LogP contribution >= 0.6 is 0 Å². The summed E-state index contributed by atoms with van der Waals surface area (Å²) in [6.07, 6.45) is 10.4. The van der Waals surface area contributed by atoms with E-state index >= 15 is 0 Å². The third kappa shape index (κ3) is 12.0. The molecule has 0 bridgehead atoms. The van der Waals surface area contributed by atoms with E-state index in [1.807, 2.05) is 0 Å². The molecule has 2 nitrogen and oxygen atoms in total. The van der Waals surface area contributed by atoms with Gasteiger partial charge in [-0.1, -0.05) is 46.0 Å². The lowest BCUT2D eigenvalue weighted by molar-refractivity contribution is 0.441. The number of rotatable bonds is 4. The molecule has 1 saturated carbocycles. The Bertz CT molecular complexity index is 130. The average molecular weight is 228 g/mol. The van der Waals surface area contributed by atoms with Crippen molar-refractivity contribution in [3.63, 3.8) is 0 Å². The Morgan fingerprint density at radius 1 is 1.00 bits per heavy atom. The van der Waals surface area contributed by atoms with Gasteiger partial charge in [0.2, 0.25) is 0 Å². The van der Waals surface area contributed by atoms with Crippen LogP contribution in [0.1, 0.15) is 72.1 Å². The van der Waals surface area contributed by atoms with Gasteiger partial charge in [-0.25, -0.2) is 0 Å². The highest BCUT2D eigenvalue weighted by Gasteiger charge is 2.06. The summed E-state index contributed by atoms with van der Waals surface area (Å²) < 4.78 is 0. The molecule has 0 radical (unpaired) electrons. The van der Waals surface area contributed by atoms with Gasteiger partial charge in [0.15, 0.2) is 0 Å². The Labute approximate surface area is 102 Å². The summed E-state index contributed by atoms with van der Waals surface area (Å²) in [6, 6.07) is 0.928. The summed E-state index contributed by atoms with van der Waals surface area (Å²) in [5.41, 5.74) is 11.2. The minimum Gasteiger partial charge on any atom is -0.328 e. The number of hydrogen-bond donors (Lipinski definition) is 2. The molecule has 0 amide bonds. The van der Waals surface area contributed by atoms with E-state index in [1.54, 1.807) is 0 Å². The molecule has 1 unspecified atom stereocenters. The van der Waals surface area contributed by atoms with Crippen LogP contribution in [0.2, 0.25) is 0 Å². The summed E-state index contributed by atoms with van der Waals surface area (Å²) in [5.74, 6) is 0.837. The van der Waals surface area contributed by atoms with Crippen molar-refractivity contribution in [1.82, 2.24) is 0 Å². The second-order valence-electron chi connectivity index (χ2n) is 5.70. The summed E-state index contributed by atoms with van der Waals surface area (Å²) >= 11 is 0. The summed E-state index contributed by atoms with van der Waals surface area (Å²) in [5, 5.41) is 0. The zero-order valence-corrected chi connectivity index (χ0v) is 11.5. The molecule has 1 rings (SSSR count). The van der Waals surface area contributed by atoms with E-state index in [1.165, 1.54) is 51.4 Å². The highest BCUT2D eigenvalue weighted by Crippen LogP contribution is 2.14. The number of nitrogens with two attached hydrogens (primary N) is 2. The molecule has 1 fully saturated rings. The zero-order chi connectivity index (χ0) is 12.4. The Morgan fingerprint density at radius 3 is 1.88 bits per heavy atom. The van der Waals surface area contributed by atoms with Gasteiger partial charge in [-0.05, 0) is 32.1 Å². The maximum absolute atomic E-state index is 5.63. The van der Waals surface area contributed by atoms with Crippen LogP contribution in [0, 0.1) is 5.92 Å². The fourth-order valence-corrected chi connectivity index (χ4v) is 1.98. The van der Waals surface area contributed by atoms with Gasteiger partial charge in [-0.15, -0.1) is 0 Å². The molecular weight excluding hydrogens is 196 g/mol. The topological polar surface area (TPSA) is 52.0 Å². The lowest BCUT2D eigenvalue weighted by Gasteiger charge is -2.15. The molecule has 0 aromatic carbocycles. The van der Waals surface area contributed by atoms with Gasteiger partial charge in [0.1, 0.15) is 0 Å². The Balaban J connectivity index is 0.000000288. The second-order valence-corrected chi connectivity index (χ2v) is 5.70. The van der Waals surface area contributed by atoms with Gasteiger partial charge in [0.05, 0.1) is 0 Å². The largest absolute Gasteiger partial charge is 0.328 e. The molecule has 0 saturated heterocycles. The normalized spacial score (nSPS) is 19.1. The van der Waals surface area contributed by atoms with E-state index < -0.39 is 0 Å². The Kier molecular flexibility index (Phi) is 10.0. The standard InChI is InChI=1S/C8H19N.C6H13N/c1-7(2)5-4-6-8(3)9;7-6-4-2-1-3-5-6/h7-8H,4-6,9H2,1-3H3;6H,1-5,7H2. The molecular formula is C14H32N2. The SMILES string of the molecule is CC(C)CCCC(C)N.NC1CCCCC1. The van der Waals surface area contributed by atoms with E-state index in [0.717, 1.165) is 5.92 Å². The van der Waals surface area contributed by atoms with Crippen LogP contribution in [-0.4, -0.2) is 12.1 Å². The first-order chi connectivity index (χ1) is 7.52. The minimum atomic E-state index is 0.392. The van der Waals surface area contributed by atoms with Crippen LogP contribution in [0.25, 0.3) is 0 Å². The predicted octanol–water partition coefficient (Wildman–Crippen LogP) is 3.44. The van der Waals surface area contributed by atoms with Crippen LogP contribution in [0.3, 0.4) is 0 Å². The van der Waals surface area contributed by atoms with Crippen LogP contribution in [0.5, 0.6) is 0 Å². The smallest absolute Gasteiger partial charge is 0.00388 e. The summed E-state index contributed by atoms with van der Waals surface area (Å²) in [6.45, 7) is 6.57. The van der Waals surface area contributed by atoms with Crippen molar-refractivity contribution >= 4 is 0 Å². The monoisotopic (exact) mass is 228 g/mol. The lowest BCUT2D eigenvalue weighted by atomic mass is 9.97. The quantitative estimate of drug-likeness (QED) is 0.774. The molecule has 1 aliphatic rings. The lowest BCUT2D eigenvalue weighted by Crippen LogP contribution is -2.22. The fraction of sp³-hybridized carbons (Fsp3) is 1.00. The molecule has 0 heterocycles. The van der Waals surface area contributed by atoms with Gasteiger partial charge in [0.25, 0.3) is 0 Å². The fourth-order valence-electron chi connectivity index (χ4n) is 1.98. The average Bonchev–Trinajstić information content (AvgIpc) is 2.18. The van der Waals surface area contributed by atoms with Crippen LogP contribution in [0.15, 0.2) is 0 Å². The highest BCUT2D eigenvalue weighted by molar-refractivity contribution is 4.66. The van der Waals surface area contributed by atoms with E-state index in [4.69, 9.17) is 11.5 Å². The molecule has 0 aliphatic heterocycles. The van der Waals surface area contributed by atoms with Crippen molar-refractivity contribution in [2.24, 2.45) is 17.4 Å². The van der Waals surface area contributed by atoms with Crippen molar-refractivity contribution in [2.45, 2.75) is 84.2 Å². The van der Waals surface area contributed by atoms with Crippen molar-refractivity contribution in [3.05, 3.63) is 0 Å². The Hall–Kier alpha value is -0.0800. The zero-order valence-electron chi connectivity index (χ0n) is 11.5. The summed E-state index contributed by atoms with van der Waals surface area (Å²) in [7, 11) is 0. The maximum Gasteiger partial charge on any atom is 0.00388 e. The van der Waals surface area contributed by atoms with Crippen LogP contribution < -0.4 is 11.5 Å². The maximum atomic E-state index is 5.63. The van der Waals surface area contributed by atoms with Crippen molar-refractivity contribution < 1.29 is 0 Å². The third-order valence-electron chi connectivity index (χ3n) is 3.09. The minimum absolute atomic E-state index is 0.392. The first-order valence-corrected chi connectivity index (χ1v) is 7.03. The van der Waals surface area contributed by atoms with E-state index in [2.05, 4.69) is 20.8 Å². The molecule has 16 heavy (non-hydrogen) atoms. The molecule has 0 spiro atoms. The van der Waals surface area contributed by atoms with Gasteiger partial charge in [-0.2, -0.15) is 0 Å². The number of hydrogen-bond acceptors (Lipinski definition) is 2. The molecule has 0 aromatic rings. The highest BCUT2D eigenvalue weighted by atomic mass is 14.6. The first-order valence-electron chi connectivity index (χ1n) is 7.03. The van der Waals surface area contributed by atoms with Gasteiger partial charge >= 0.3 is 0 Å². The third-order valence-corrected chi connectivity index (χ3v) is 3.09. The van der Waals surface area contributed by atoms with Crippen LogP contribution in [0.4, 0.5) is 0 Å². The molecule has 1 aliphatic carbocycles. The second kappa shape index (κ2) is 10.1. The van der Waals surface area contributed by atoms with Gasteiger partial charge in [0, 0.05) is 12.1 Å². The van der Waals surface area contributed by atoms with E-state index in [0.29, 0.717) is 12.1 Å². The summed E-state index contributed by atoms with van der Waals surface area (Å²) in [4.78, 5) is 0. The van der Waals surface area contributed by atoms with Crippen molar-refractivity contribution in [2.75, 3.05) is 0 Å². The molecule has 1 atom stereocenters.